The van der Waals surface area contributed by atoms with Crippen LogP contribution in [0, 0.1) is 0 Å². The lowest BCUT2D eigenvalue weighted by atomic mass is 9.88. The molecule has 0 heteroatoms. The van der Waals surface area contributed by atoms with E-state index in [2.05, 4.69) is 79.7 Å². The Morgan fingerprint density at radius 1 is 0.750 bits per heavy atom. The Morgan fingerprint density at radius 2 is 1.50 bits per heavy atom. The summed E-state index contributed by atoms with van der Waals surface area (Å²) in [5.41, 5.74) is 5.62. The van der Waals surface area contributed by atoms with Crippen molar-refractivity contribution in [3.8, 4) is 0 Å². The zero-order valence-corrected chi connectivity index (χ0v) is 11.5. The van der Waals surface area contributed by atoms with Crippen LogP contribution in [0.5, 0.6) is 0 Å². The number of hydrogen-bond donors (Lipinski definition) is 0. The summed E-state index contributed by atoms with van der Waals surface area (Å²) in [6, 6.07) is 24.1. The zero-order chi connectivity index (χ0) is 13.5. The highest BCUT2D eigenvalue weighted by molar-refractivity contribution is 5.84. The van der Waals surface area contributed by atoms with E-state index in [1.165, 1.54) is 33.0 Å². The second kappa shape index (κ2) is 4.35. The van der Waals surface area contributed by atoms with Crippen LogP contribution in [0.15, 0.2) is 72.3 Å². The average Bonchev–Trinajstić information content (AvgIpc) is 2.82. The molecule has 3 aromatic rings. The van der Waals surface area contributed by atoms with Crippen LogP contribution in [0.1, 0.15) is 29.5 Å². The maximum atomic E-state index is 2.33. The van der Waals surface area contributed by atoms with E-state index in [1.54, 1.807) is 0 Å². The molecule has 0 aliphatic heterocycles. The molecule has 0 saturated carbocycles. The summed E-state index contributed by atoms with van der Waals surface area (Å²) in [6.45, 7) is 2.24. The molecule has 0 fully saturated rings. The molecule has 1 atom stereocenters. The van der Waals surface area contributed by atoms with Crippen LogP contribution < -0.4 is 0 Å². The number of benzene rings is 3. The van der Waals surface area contributed by atoms with Gasteiger partial charge >= 0.3 is 0 Å². The van der Waals surface area contributed by atoms with E-state index >= 15 is 0 Å². The Hall–Kier alpha value is -2.34. The molecule has 0 aromatic heterocycles. The SMILES string of the molecule is CC1=Cc2ccccc2C1c1ccc2ccccc2c1. The van der Waals surface area contributed by atoms with Gasteiger partial charge in [0.05, 0.1) is 0 Å². The van der Waals surface area contributed by atoms with E-state index in [0.29, 0.717) is 5.92 Å². The van der Waals surface area contributed by atoms with Gasteiger partial charge in [-0.25, -0.2) is 0 Å². The molecule has 0 radical (unpaired) electrons. The van der Waals surface area contributed by atoms with Crippen LogP contribution in [0.4, 0.5) is 0 Å². The quantitative estimate of drug-likeness (QED) is 0.547. The predicted octanol–water partition coefficient (Wildman–Crippen LogP) is 5.39. The first-order chi connectivity index (χ1) is 9.83. The lowest BCUT2D eigenvalue weighted by Gasteiger charge is -2.16. The van der Waals surface area contributed by atoms with Crippen LogP contribution in [0.3, 0.4) is 0 Å². The van der Waals surface area contributed by atoms with Crippen molar-refractivity contribution in [2.45, 2.75) is 12.8 Å². The summed E-state index contributed by atoms with van der Waals surface area (Å²) < 4.78 is 0. The van der Waals surface area contributed by atoms with Gasteiger partial charge in [-0.15, -0.1) is 0 Å². The van der Waals surface area contributed by atoms with Crippen LogP contribution in [0.25, 0.3) is 16.8 Å². The minimum Gasteiger partial charge on any atom is -0.0619 e. The smallest absolute Gasteiger partial charge is 0.0305 e. The largest absolute Gasteiger partial charge is 0.0619 e. The Morgan fingerprint density at radius 3 is 2.40 bits per heavy atom. The fraction of sp³-hybridized carbons (Fsp3) is 0.100. The highest BCUT2D eigenvalue weighted by atomic mass is 14.3. The summed E-state index contributed by atoms with van der Waals surface area (Å²) >= 11 is 0. The third kappa shape index (κ3) is 1.69. The van der Waals surface area contributed by atoms with E-state index < -0.39 is 0 Å². The van der Waals surface area contributed by atoms with Crippen LogP contribution in [-0.2, 0) is 0 Å². The van der Waals surface area contributed by atoms with Gasteiger partial charge in [0.2, 0.25) is 0 Å². The fourth-order valence-corrected chi connectivity index (χ4v) is 3.31. The first-order valence-corrected chi connectivity index (χ1v) is 7.09. The Kier molecular flexibility index (Phi) is 2.50. The molecule has 0 heterocycles. The lowest BCUT2D eigenvalue weighted by Crippen LogP contribution is -1.99. The van der Waals surface area contributed by atoms with Crippen molar-refractivity contribution < 1.29 is 0 Å². The van der Waals surface area contributed by atoms with Gasteiger partial charge in [-0.05, 0) is 34.4 Å². The van der Waals surface area contributed by atoms with Crippen LogP contribution in [-0.4, -0.2) is 0 Å². The standard InChI is InChI=1S/C20H16/c1-14-12-17-8-4-5-9-19(17)20(14)18-11-10-15-6-2-3-7-16(15)13-18/h2-13,20H,1H3. The van der Waals surface area contributed by atoms with Crippen molar-refractivity contribution in [2.24, 2.45) is 0 Å². The summed E-state index contributed by atoms with van der Waals surface area (Å²) in [4.78, 5) is 0. The summed E-state index contributed by atoms with van der Waals surface area (Å²) in [6.07, 6.45) is 2.31. The molecule has 0 saturated heterocycles. The molecular weight excluding hydrogens is 240 g/mol. The lowest BCUT2D eigenvalue weighted by molar-refractivity contribution is 0.979. The van der Waals surface area contributed by atoms with Gasteiger partial charge in [0.15, 0.2) is 0 Å². The minimum atomic E-state index is 0.413. The molecule has 1 aliphatic carbocycles. The monoisotopic (exact) mass is 256 g/mol. The first kappa shape index (κ1) is 11.5. The molecule has 0 N–H and O–H groups in total. The third-order valence-corrected chi connectivity index (χ3v) is 4.25. The maximum absolute atomic E-state index is 2.33. The second-order valence-electron chi connectivity index (χ2n) is 5.56. The predicted molar refractivity (Wildman–Crippen MR) is 85.9 cm³/mol. The summed E-state index contributed by atoms with van der Waals surface area (Å²) in [7, 11) is 0. The number of fused-ring (bicyclic) bond motifs is 2. The summed E-state index contributed by atoms with van der Waals surface area (Å²) in [5, 5.41) is 2.63. The Bertz CT molecular complexity index is 824. The molecule has 3 aromatic carbocycles. The molecule has 1 aliphatic rings. The molecular formula is C20H16. The molecule has 4 rings (SSSR count). The van der Waals surface area contributed by atoms with Crippen molar-refractivity contribution in [2.75, 3.05) is 0 Å². The molecule has 20 heavy (non-hydrogen) atoms. The highest BCUT2D eigenvalue weighted by Crippen LogP contribution is 2.41. The van der Waals surface area contributed by atoms with Crippen molar-refractivity contribution in [1.29, 1.82) is 0 Å². The number of rotatable bonds is 1. The zero-order valence-electron chi connectivity index (χ0n) is 11.5. The van der Waals surface area contributed by atoms with Gasteiger partial charge in [-0.2, -0.15) is 0 Å². The highest BCUT2D eigenvalue weighted by Gasteiger charge is 2.23. The number of hydrogen-bond acceptors (Lipinski definition) is 0. The van der Waals surface area contributed by atoms with Crippen LogP contribution >= 0.6 is 0 Å². The van der Waals surface area contributed by atoms with Crippen molar-refractivity contribution in [1.82, 2.24) is 0 Å². The molecule has 0 amide bonds. The van der Waals surface area contributed by atoms with E-state index in [-0.39, 0.29) is 0 Å². The van der Waals surface area contributed by atoms with Gasteiger partial charge < -0.3 is 0 Å². The van der Waals surface area contributed by atoms with Crippen molar-refractivity contribution >= 4 is 16.8 Å². The molecule has 96 valence electrons. The fourth-order valence-electron chi connectivity index (χ4n) is 3.31. The second-order valence-corrected chi connectivity index (χ2v) is 5.56. The van der Waals surface area contributed by atoms with E-state index in [1.807, 2.05) is 0 Å². The minimum absolute atomic E-state index is 0.413. The van der Waals surface area contributed by atoms with Gasteiger partial charge in [-0.3, -0.25) is 0 Å². The van der Waals surface area contributed by atoms with E-state index in [0.717, 1.165) is 0 Å². The molecule has 0 bridgehead atoms. The van der Waals surface area contributed by atoms with Gasteiger partial charge in [-0.1, -0.05) is 78.4 Å². The van der Waals surface area contributed by atoms with Gasteiger partial charge in [0, 0.05) is 5.92 Å². The topological polar surface area (TPSA) is 0 Å². The van der Waals surface area contributed by atoms with Crippen molar-refractivity contribution in [3.05, 3.63) is 89.0 Å². The molecule has 0 nitrogen and oxygen atoms in total. The Balaban J connectivity index is 1.89. The maximum Gasteiger partial charge on any atom is 0.0305 e. The molecule has 0 spiro atoms. The van der Waals surface area contributed by atoms with E-state index in [9.17, 15) is 0 Å². The molecule has 1 unspecified atom stereocenters. The van der Waals surface area contributed by atoms with E-state index in [4.69, 9.17) is 0 Å². The average molecular weight is 256 g/mol. The van der Waals surface area contributed by atoms with Gasteiger partial charge in [0.1, 0.15) is 0 Å². The number of allylic oxidation sites excluding steroid dienone is 1. The first-order valence-electron chi connectivity index (χ1n) is 7.09. The Labute approximate surface area is 119 Å². The van der Waals surface area contributed by atoms with Crippen molar-refractivity contribution in [3.63, 3.8) is 0 Å². The third-order valence-electron chi connectivity index (χ3n) is 4.25. The normalized spacial score (nSPS) is 17.1. The van der Waals surface area contributed by atoms with Gasteiger partial charge in [0.25, 0.3) is 0 Å². The van der Waals surface area contributed by atoms with Crippen LogP contribution in [0.2, 0.25) is 0 Å². The summed E-state index contributed by atoms with van der Waals surface area (Å²) in [5.74, 6) is 0.413.